The van der Waals surface area contributed by atoms with Gasteiger partial charge in [0.15, 0.2) is 0 Å². The summed E-state index contributed by atoms with van der Waals surface area (Å²) in [4.78, 5) is 25.8. The Morgan fingerprint density at radius 2 is 2.05 bits per heavy atom. The summed E-state index contributed by atoms with van der Waals surface area (Å²) in [6.45, 7) is 0. The van der Waals surface area contributed by atoms with Gasteiger partial charge in [-0.15, -0.1) is 0 Å². The standard InChI is InChI=1S/C17H20N2O3/c20-16(19-13-8-12(9-13)17(21)22)7-3-4-11-10-18-15-6-2-1-5-14(11)15/h1-2,5-6,10,12-13,18H,3-4,7-9H2,(H,19,20)(H,21,22). The summed E-state index contributed by atoms with van der Waals surface area (Å²) in [6, 6.07) is 8.19. The quantitative estimate of drug-likeness (QED) is 0.766. The van der Waals surface area contributed by atoms with Crippen LogP contribution in [0.2, 0.25) is 0 Å². The highest BCUT2D eigenvalue weighted by molar-refractivity contribution is 5.83. The molecule has 1 fully saturated rings. The molecule has 1 aliphatic rings. The molecule has 3 rings (SSSR count). The number of fused-ring (bicyclic) bond motifs is 1. The van der Waals surface area contributed by atoms with Gasteiger partial charge < -0.3 is 15.4 Å². The fourth-order valence-corrected chi connectivity index (χ4v) is 3.02. The van der Waals surface area contributed by atoms with Gasteiger partial charge in [0.05, 0.1) is 5.92 Å². The van der Waals surface area contributed by atoms with Crippen molar-refractivity contribution < 1.29 is 14.7 Å². The predicted molar refractivity (Wildman–Crippen MR) is 83.5 cm³/mol. The van der Waals surface area contributed by atoms with Crippen molar-refractivity contribution in [2.24, 2.45) is 5.92 Å². The molecule has 0 atom stereocenters. The Bertz CT molecular complexity index is 686. The number of hydrogen-bond donors (Lipinski definition) is 3. The van der Waals surface area contributed by atoms with Crippen molar-refractivity contribution in [3.05, 3.63) is 36.0 Å². The van der Waals surface area contributed by atoms with Crippen LogP contribution in [0.25, 0.3) is 10.9 Å². The maximum absolute atomic E-state index is 11.8. The second kappa shape index (κ2) is 6.22. The molecule has 5 nitrogen and oxygen atoms in total. The zero-order valence-electron chi connectivity index (χ0n) is 12.3. The Hall–Kier alpha value is -2.30. The number of benzene rings is 1. The third kappa shape index (κ3) is 3.13. The first-order chi connectivity index (χ1) is 10.6. The first-order valence-corrected chi connectivity index (χ1v) is 7.70. The molecule has 1 saturated carbocycles. The summed E-state index contributed by atoms with van der Waals surface area (Å²) in [7, 11) is 0. The van der Waals surface area contributed by atoms with Crippen molar-refractivity contribution in [2.45, 2.75) is 38.1 Å². The zero-order chi connectivity index (χ0) is 15.5. The fourth-order valence-electron chi connectivity index (χ4n) is 3.02. The number of aromatic nitrogens is 1. The van der Waals surface area contributed by atoms with E-state index in [1.807, 2.05) is 24.4 Å². The van der Waals surface area contributed by atoms with E-state index in [1.165, 1.54) is 10.9 Å². The number of aryl methyl sites for hydroxylation is 1. The number of nitrogens with one attached hydrogen (secondary N) is 2. The topological polar surface area (TPSA) is 82.2 Å². The lowest BCUT2D eigenvalue weighted by Crippen LogP contribution is -2.46. The minimum atomic E-state index is -0.759. The number of H-pyrrole nitrogens is 1. The van der Waals surface area contributed by atoms with Gasteiger partial charge in [-0.3, -0.25) is 9.59 Å². The Labute approximate surface area is 128 Å². The molecule has 0 spiro atoms. The van der Waals surface area contributed by atoms with Crippen LogP contribution in [-0.2, 0) is 16.0 Å². The normalized spacial score (nSPS) is 20.5. The highest BCUT2D eigenvalue weighted by Gasteiger charge is 2.34. The van der Waals surface area contributed by atoms with Crippen molar-refractivity contribution in [1.82, 2.24) is 10.3 Å². The number of carboxylic acids is 1. The van der Waals surface area contributed by atoms with Gasteiger partial charge in [0.1, 0.15) is 0 Å². The number of carboxylic acid groups (broad SMARTS) is 1. The van der Waals surface area contributed by atoms with Gasteiger partial charge in [-0.05, 0) is 37.3 Å². The summed E-state index contributed by atoms with van der Waals surface area (Å²) < 4.78 is 0. The van der Waals surface area contributed by atoms with E-state index in [-0.39, 0.29) is 17.9 Å². The van der Waals surface area contributed by atoms with E-state index in [9.17, 15) is 9.59 Å². The number of rotatable bonds is 6. The highest BCUT2D eigenvalue weighted by atomic mass is 16.4. The Morgan fingerprint density at radius 3 is 2.82 bits per heavy atom. The van der Waals surface area contributed by atoms with Crippen LogP contribution in [0.15, 0.2) is 30.5 Å². The van der Waals surface area contributed by atoms with E-state index in [2.05, 4.69) is 16.4 Å². The second-order valence-corrected chi connectivity index (χ2v) is 5.98. The Kier molecular flexibility index (Phi) is 4.13. The minimum Gasteiger partial charge on any atom is -0.481 e. The number of carbonyl (C=O) groups is 2. The maximum Gasteiger partial charge on any atom is 0.306 e. The largest absolute Gasteiger partial charge is 0.481 e. The molecule has 1 aromatic heterocycles. The summed E-state index contributed by atoms with van der Waals surface area (Å²) in [5, 5.41) is 12.9. The number of aliphatic carboxylic acids is 1. The third-order valence-electron chi connectivity index (χ3n) is 4.38. The lowest BCUT2D eigenvalue weighted by atomic mass is 9.80. The van der Waals surface area contributed by atoms with Crippen molar-refractivity contribution in [2.75, 3.05) is 0 Å². The molecule has 1 aromatic carbocycles. The average molecular weight is 300 g/mol. The van der Waals surface area contributed by atoms with E-state index in [0.29, 0.717) is 19.3 Å². The Morgan fingerprint density at radius 1 is 1.27 bits per heavy atom. The first kappa shape index (κ1) is 14.6. The second-order valence-electron chi connectivity index (χ2n) is 5.98. The predicted octanol–water partition coefficient (Wildman–Crippen LogP) is 2.47. The molecule has 22 heavy (non-hydrogen) atoms. The van der Waals surface area contributed by atoms with E-state index >= 15 is 0 Å². The Balaban J connectivity index is 1.42. The van der Waals surface area contributed by atoms with Crippen molar-refractivity contribution in [3.8, 4) is 0 Å². The van der Waals surface area contributed by atoms with Crippen LogP contribution in [-0.4, -0.2) is 28.0 Å². The van der Waals surface area contributed by atoms with Gasteiger partial charge in [0.2, 0.25) is 5.91 Å². The summed E-state index contributed by atoms with van der Waals surface area (Å²) >= 11 is 0. The number of hydrogen-bond acceptors (Lipinski definition) is 2. The molecule has 0 aliphatic heterocycles. The summed E-state index contributed by atoms with van der Waals surface area (Å²) in [5.74, 6) is -1.02. The minimum absolute atomic E-state index is 0.0219. The SMILES string of the molecule is O=C(CCCc1c[nH]c2ccccc12)NC1CC(C(=O)O)C1. The molecular weight excluding hydrogens is 280 g/mol. The summed E-state index contributed by atoms with van der Waals surface area (Å²) in [6.07, 6.45) is 5.26. The van der Waals surface area contributed by atoms with Crippen LogP contribution in [0, 0.1) is 5.92 Å². The molecule has 0 unspecified atom stereocenters. The number of amides is 1. The molecule has 0 saturated heterocycles. The van der Waals surface area contributed by atoms with E-state index < -0.39 is 5.97 Å². The smallest absolute Gasteiger partial charge is 0.306 e. The molecule has 1 heterocycles. The monoisotopic (exact) mass is 300 g/mol. The van der Waals surface area contributed by atoms with Gasteiger partial charge >= 0.3 is 5.97 Å². The van der Waals surface area contributed by atoms with E-state index in [0.717, 1.165) is 18.4 Å². The number of aromatic amines is 1. The molecule has 0 radical (unpaired) electrons. The van der Waals surface area contributed by atoms with Crippen molar-refractivity contribution in [1.29, 1.82) is 0 Å². The number of carbonyl (C=O) groups excluding carboxylic acids is 1. The summed E-state index contributed by atoms with van der Waals surface area (Å²) in [5.41, 5.74) is 2.36. The molecule has 5 heteroatoms. The van der Waals surface area contributed by atoms with Crippen molar-refractivity contribution >= 4 is 22.8 Å². The van der Waals surface area contributed by atoms with Gasteiger partial charge in [-0.25, -0.2) is 0 Å². The lowest BCUT2D eigenvalue weighted by Gasteiger charge is -2.32. The van der Waals surface area contributed by atoms with Crippen LogP contribution < -0.4 is 5.32 Å². The third-order valence-corrected chi connectivity index (χ3v) is 4.38. The van der Waals surface area contributed by atoms with Crippen LogP contribution >= 0.6 is 0 Å². The molecule has 116 valence electrons. The fraction of sp³-hybridized carbons (Fsp3) is 0.412. The van der Waals surface area contributed by atoms with Crippen LogP contribution in [0.5, 0.6) is 0 Å². The highest BCUT2D eigenvalue weighted by Crippen LogP contribution is 2.27. The lowest BCUT2D eigenvalue weighted by molar-refractivity contribution is -0.146. The van der Waals surface area contributed by atoms with Crippen LogP contribution in [0.1, 0.15) is 31.2 Å². The van der Waals surface area contributed by atoms with Crippen LogP contribution in [0.3, 0.4) is 0 Å². The molecule has 3 N–H and O–H groups in total. The maximum atomic E-state index is 11.8. The van der Waals surface area contributed by atoms with Crippen molar-refractivity contribution in [3.63, 3.8) is 0 Å². The molecular formula is C17H20N2O3. The molecule has 1 aliphatic carbocycles. The zero-order valence-corrected chi connectivity index (χ0v) is 12.3. The van der Waals surface area contributed by atoms with E-state index in [1.54, 1.807) is 0 Å². The molecule has 2 aromatic rings. The number of para-hydroxylation sites is 1. The first-order valence-electron chi connectivity index (χ1n) is 7.70. The molecule has 1 amide bonds. The van der Waals surface area contributed by atoms with E-state index in [4.69, 9.17) is 5.11 Å². The average Bonchev–Trinajstić information content (AvgIpc) is 2.85. The van der Waals surface area contributed by atoms with Gasteiger partial charge in [0.25, 0.3) is 0 Å². The van der Waals surface area contributed by atoms with Gasteiger partial charge in [-0.1, -0.05) is 18.2 Å². The van der Waals surface area contributed by atoms with Gasteiger partial charge in [-0.2, -0.15) is 0 Å². The molecule has 0 bridgehead atoms. The van der Waals surface area contributed by atoms with Gasteiger partial charge in [0, 0.05) is 29.6 Å². The van der Waals surface area contributed by atoms with Crippen LogP contribution in [0.4, 0.5) is 0 Å².